The smallest absolute Gasteiger partial charge is 0.275 e. The van der Waals surface area contributed by atoms with Gasteiger partial charge in [0.1, 0.15) is 0 Å². The normalized spacial score (nSPS) is 16.6. The van der Waals surface area contributed by atoms with E-state index in [9.17, 15) is 4.79 Å². The summed E-state index contributed by atoms with van der Waals surface area (Å²) >= 11 is 1.53. The van der Waals surface area contributed by atoms with Crippen molar-refractivity contribution < 1.29 is 0 Å². The average molecular weight is 334 g/mol. The van der Waals surface area contributed by atoms with Crippen LogP contribution in [0.1, 0.15) is 52.1 Å². The van der Waals surface area contributed by atoms with Crippen LogP contribution in [0.4, 0.5) is 5.13 Å². The van der Waals surface area contributed by atoms with Gasteiger partial charge in [0.25, 0.3) is 5.56 Å². The van der Waals surface area contributed by atoms with Crippen molar-refractivity contribution in [2.75, 3.05) is 18.0 Å². The minimum Gasteiger partial charge on any atom is -0.347 e. The number of rotatable bonds is 5. The molecule has 0 bridgehead atoms. The molecule has 5 nitrogen and oxygen atoms in total. The minimum atomic E-state index is -0.0684. The van der Waals surface area contributed by atoms with Gasteiger partial charge in [-0.1, -0.05) is 44.9 Å². The SMILES string of the molecule is CCc1cc(=O)n2nc(N3CCC(CCC(C)C)CC3)sc2n1. The lowest BCUT2D eigenvalue weighted by molar-refractivity contribution is 0.351. The van der Waals surface area contributed by atoms with Gasteiger partial charge < -0.3 is 4.90 Å². The van der Waals surface area contributed by atoms with Gasteiger partial charge in [0.2, 0.25) is 10.1 Å². The van der Waals surface area contributed by atoms with Crippen LogP contribution in [0, 0.1) is 11.8 Å². The zero-order valence-corrected chi connectivity index (χ0v) is 15.1. The van der Waals surface area contributed by atoms with Crippen LogP contribution in [0.25, 0.3) is 4.96 Å². The highest BCUT2D eigenvalue weighted by molar-refractivity contribution is 7.20. The molecular weight excluding hydrogens is 308 g/mol. The molecule has 0 atom stereocenters. The molecule has 1 aliphatic rings. The van der Waals surface area contributed by atoms with Crippen LogP contribution in [0.2, 0.25) is 0 Å². The molecule has 6 heteroatoms. The largest absolute Gasteiger partial charge is 0.347 e. The Morgan fingerprint density at radius 1 is 1.35 bits per heavy atom. The van der Waals surface area contributed by atoms with Gasteiger partial charge in [-0.25, -0.2) is 4.98 Å². The predicted molar refractivity (Wildman–Crippen MR) is 95.5 cm³/mol. The molecule has 1 saturated heterocycles. The molecule has 126 valence electrons. The Bertz CT molecular complexity index is 713. The van der Waals surface area contributed by atoms with Crippen molar-refractivity contribution in [3.63, 3.8) is 0 Å². The Morgan fingerprint density at radius 2 is 2.09 bits per heavy atom. The highest BCUT2D eigenvalue weighted by Gasteiger charge is 2.22. The van der Waals surface area contributed by atoms with Crippen molar-refractivity contribution in [3.05, 3.63) is 22.1 Å². The second-order valence-corrected chi connectivity index (χ2v) is 7.85. The van der Waals surface area contributed by atoms with E-state index >= 15 is 0 Å². The summed E-state index contributed by atoms with van der Waals surface area (Å²) in [5.41, 5.74) is 0.777. The molecule has 1 aliphatic heterocycles. The summed E-state index contributed by atoms with van der Waals surface area (Å²) in [6.45, 7) is 8.69. The molecule has 0 spiro atoms. The topological polar surface area (TPSA) is 50.5 Å². The zero-order valence-electron chi connectivity index (χ0n) is 14.3. The first-order chi connectivity index (χ1) is 11.1. The highest BCUT2D eigenvalue weighted by atomic mass is 32.1. The lowest BCUT2D eigenvalue weighted by Crippen LogP contribution is -2.33. The van der Waals surface area contributed by atoms with Gasteiger partial charge in [0, 0.05) is 24.8 Å². The van der Waals surface area contributed by atoms with Gasteiger partial charge in [-0.15, -0.1) is 5.10 Å². The Kier molecular flexibility index (Phi) is 4.99. The highest BCUT2D eigenvalue weighted by Crippen LogP contribution is 2.29. The monoisotopic (exact) mass is 334 g/mol. The van der Waals surface area contributed by atoms with E-state index in [0.29, 0.717) is 4.96 Å². The maximum Gasteiger partial charge on any atom is 0.275 e. The van der Waals surface area contributed by atoms with Gasteiger partial charge in [-0.2, -0.15) is 4.52 Å². The standard InChI is InChI=1S/C17H26N4OS/c1-4-14-11-15(22)21-16(18-14)23-17(19-21)20-9-7-13(8-10-20)6-5-12(2)3/h11-13H,4-10H2,1-3H3. The first kappa shape index (κ1) is 16.4. The maximum atomic E-state index is 12.1. The third kappa shape index (κ3) is 3.74. The summed E-state index contributed by atoms with van der Waals surface area (Å²) in [7, 11) is 0. The van der Waals surface area contributed by atoms with E-state index in [-0.39, 0.29) is 5.56 Å². The molecule has 0 aromatic carbocycles. The molecule has 1 fully saturated rings. The first-order valence-corrected chi connectivity index (χ1v) is 9.53. The van der Waals surface area contributed by atoms with Crippen LogP contribution in [-0.2, 0) is 6.42 Å². The molecule has 3 heterocycles. The minimum absolute atomic E-state index is 0.0684. The number of aryl methyl sites for hydroxylation is 1. The average Bonchev–Trinajstić information content (AvgIpc) is 2.98. The fourth-order valence-electron chi connectivity index (χ4n) is 3.14. The molecule has 2 aromatic heterocycles. The molecule has 0 aliphatic carbocycles. The Labute approximate surface area is 141 Å². The number of hydrogen-bond donors (Lipinski definition) is 0. The van der Waals surface area contributed by atoms with Gasteiger partial charge in [-0.05, 0) is 31.1 Å². The van der Waals surface area contributed by atoms with E-state index in [1.807, 2.05) is 6.92 Å². The van der Waals surface area contributed by atoms with Crippen LogP contribution in [-0.4, -0.2) is 27.7 Å². The van der Waals surface area contributed by atoms with E-state index in [4.69, 9.17) is 0 Å². The number of anilines is 1. The van der Waals surface area contributed by atoms with Gasteiger partial charge in [-0.3, -0.25) is 4.79 Å². The summed E-state index contributed by atoms with van der Waals surface area (Å²) in [6, 6.07) is 1.59. The summed E-state index contributed by atoms with van der Waals surface area (Å²) in [6.07, 6.45) is 5.90. The van der Waals surface area contributed by atoms with E-state index < -0.39 is 0 Å². The fraction of sp³-hybridized carbons (Fsp3) is 0.706. The van der Waals surface area contributed by atoms with Crippen LogP contribution in [0.5, 0.6) is 0 Å². The van der Waals surface area contributed by atoms with Crippen molar-refractivity contribution in [1.29, 1.82) is 0 Å². The molecule has 0 radical (unpaired) electrons. The molecule has 0 amide bonds. The molecular formula is C17H26N4OS. The van der Waals surface area contributed by atoms with Crippen LogP contribution in [0.15, 0.2) is 10.9 Å². The number of fused-ring (bicyclic) bond motifs is 1. The molecule has 2 aromatic rings. The summed E-state index contributed by atoms with van der Waals surface area (Å²) in [5, 5.41) is 5.43. The van der Waals surface area contributed by atoms with Crippen molar-refractivity contribution >= 4 is 21.4 Å². The van der Waals surface area contributed by atoms with E-state index in [1.165, 1.54) is 41.5 Å². The second-order valence-electron chi connectivity index (χ2n) is 6.92. The molecule has 0 unspecified atom stereocenters. The number of nitrogens with zero attached hydrogens (tertiary/aromatic N) is 4. The molecule has 23 heavy (non-hydrogen) atoms. The summed E-state index contributed by atoms with van der Waals surface area (Å²) in [4.78, 5) is 19.7. The van der Waals surface area contributed by atoms with Crippen molar-refractivity contribution in [1.82, 2.24) is 14.6 Å². The van der Waals surface area contributed by atoms with E-state index in [1.54, 1.807) is 6.07 Å². The third-order valence-corrected chi connectivity index (χ3v) is 5.66. The van der Waals surface area contributed by atoms with Crippen molar-refractivity contribution in [3.8, 4) is 0 Å². The maximum absolute atomic E-state index is 12.1. The lowest BCUT2D eigenvalue weighted by atomic mass is 9.90. The Balaban J connectivity index is 1.70. The van der Waals surface area contributed by atoms with Gasteiger partial charge in [0.15, 0.2) is 0 Å². The van der Waals surface area contributed by atoms with Crippen molar-refractivity contribution in [2.45, 2.75) is 52.9 Å². The van der Waals surface area contributed by atoms with Gasteiger partial charge >= 0.3 is 0 Å². The van der Waals surface area contributed by atoms with Crippen molar-refractivity contribution in [2.24, 2.45) is 11.8 Å². The third-order valence-electron chi connectivity index (χ3n) is 4.69. The number of hydrogen-bond acceptors (Lipinski definition) is 5. The number of aromatic nitrogens is 3. The number of piperidine rings is 1. The summed E-state index contributed by atoms with van der Waals surface area (Å²) < 4.78 is 1.45. The van der Waals surface area contributed by atoms with Crippen LogP contribution < -0.4 is 10.5 Å². The second kappa shape index (κ2) is 6.99. The molecule has 0 N–H and O–H groups in total. The van der Waals surface area contributed by atoms with E-state index in [2.05, 4.69) is 28.8 Å². The predicted octanol–water partition coefficient (Wildman–Crippen LogP) is 3.37. The first-order valence-electron chi connectivity index (χ1n) is 8.71. The zero-order chi connectivity index (χ0) is 16.4. The quantitative estimate of drug-likeness (QED) is 0.841. The molecule has 0 saturated carbocycles. The summed E-state index contributed by atoms with van der Waals surface area (Å²) in [5.74, 6) is 1.64. The Morgan fingerprint density at radius 3 is 2.74 bits per heavy atom. The Hall–Kier alpha value is -1.43. The fourth-order valence-corrected chi connectivity index (χ4v) is 4.11. The van der Waals surface area contributed by atoms with E-state index in [0.717, 1.165) is 42.2 Å². The van der Waals surface area contributed by atoms with Crippen LogP contribution >= 0.6 is 11.3 Å². The molecule has 3 rings (SSSR count). The van der Waals surface area contributed by atoms with Crippen LogP contribution in [0.3, 0.4) is 0 Å². The lowest BCUT2D eigenvalue weighted by Gasteiger charge is -2.31. The van der Waals surface area contributed by atoms with Gasteiger partial charge in [0.05, 0.1) is 0 Å².